The molecular weight excluding hydrogens is 160 g/mol. The Labute approximate surface area is 73.5 Å². The quantitative estimate of drug-likeness (QED) is 0.658. The largest absolute Gasteiger partial charge is 0.481 e. The van der Waals surface area contributed by atoms with Gasteiger partial charge >= 0.3 is 0 Å². The maximum atomic E-state index is 9.81. The smallest absolute Gasteiger partial charge is 0.300 e. The predicted octanol–water partition coefficient (Wildman–Crippen LogP) is 1.34. The first-order valence-electron chi connectivity index (χ1n) is 3.51. The standard InChI is InChI=1S/C4H8O.C2H4O2.C2H6O/c1-3-4(2)5;1-2(3)4;1-3-2/h3H2,1-2H3;1H3,(H,3,4);1-2H3. The van der Waals surface area contributed by atoms with Crippen LogP contribution in [0.1, 0.15) is 27.2 Å². The van der Waals surface area contributed by atoms with Gasteiger partial charge in [-0.05, 0) is 6.92 Å². The van der Waals surface area contributed by atoms with E-state index >= 15 is 0 Å². The maximum absolute atomic E-state index is 9.81. The van der Waals surface area contributed by atoms with Crippen LogP contribution in [0.5, 0.6) is 0 Å². The molecule has 74 valence electrons. The maximum Gasteiger partial charge on any atom is 0.300 e. The number of hydrogen-bond acceptors (Lipinski definition) is 3. The van der Waals surface area contributed by atoms with E-state index in [1.165, 1.54) is 0 Å². The Morgan fingerprint density at radius 3 is 1.33 bits per heavy atom. The van der Waals surface area contributed by atoms with E-state index in [0.717, 1.165) is 6.92 Å². The first-order chi connectivity index (χ1) is 5.42. The fourth-order valence-corrected chi connectivity index (χ4v) is 0. The van der Waals surface area contributed by atoms with Crippen molar-refractivity contribution in [2.75, 3.05) is 14.2 Å². The number of rotatable bonds is 1. The van der Waals surface area contributed by atoms with Gasteiger partial charge in [-0.2, -0.15) is 0 Å². The third-order valence-corrected chi connectivity index (χ3v) is 0.498. The number of carboxylic acid groups (broad SMARTS) is 1. The van der Waals surface area contributed by atoms with Crippen LogP contribution in [0.3, 0.4) is 0 Å². The molecule has 0 bridgehead atoms. The minimum absolute atomic E-state index is 0.255. The van der Waals surface area contributed by atoms with Gasteiger partial charge in [0.2, 0.25) is 0 Å². The van der Waals surface area contributed by atoms with Gasteiger partial charge in [-0.3, -0.25) is 4.79 Å². The normalized spacial score (nSPS) is 6.75. The summed E-state index contributed by atoms with van der Waals surface area (Å²) in [5, 5.41) is 7.42. The Hall–Kier alpha value is -0.900. The summed E-state index contributed by atoms with van der Waals surface area (Å²) in [6, 6.07) is 0. The fraction of sp³-hybridized carbons (Fsp3) is 0.750. The molecule has 0 spiro atoms. The molecule has 0 saturated heterocycles. The van der Waals surface area contributed by atoms with Crippen molar-refractivity contribution in [1.29, 1.82) is 0 Å². The van der Waals surface area contributed by atoms with Gasteiger partial charge in [-0.25, -0.2) is 0 Å². The lowest BCUT2D eigenvalue weighted by molar-refractivity contribution is -0.134. The van der Waals surface area contributed by atoms with Crippen LogP contribution in [0.25, 0.3) is 0 Å². The van der Waals surface area contributed by atoms with Crippen LogP contribution in [0, 0.1) is 0 Å². The molecule has 0 amide bonds. The Kier molecular flexibility index (Phi) is 23.9. The monoisotopic (exact) mass is 178 g/mol. The van der Waals surface area contributed by atoms with E-state index in [2.05, 4.69) is 4.74 Å². The minimum Gasteiger partial charge on any atom is -0.481 e. The third-order valence-electron chi connectivity index (χ3n) is 0.498. The lowest BCUT2D eigenvalue weighted by Crippen LogP contribution is -1.80. The lowest BCUT2D eigenvalue weighted by atomic mass is 10.4. The number of carbonyl (C=O) groups excluding carboxylic acids is 1. The molecule has 0 aromatic rings. The minimum atomic E-state index is -0.833. The molecule has 4 nitrogen and oxygen atoms in total. The SMILES string of the molecule is CC(=O)O.CCC(C)=O.COC. The van der Waals surface area contributed by atoms with Gasteiger partial charge < -0.3 is 14.6 Å². The zero-order valence-electron chi connectivity index (χ0n) is 8.38. The van der Waals surface area contributed by atoms with E-state index in [4.69, 9.17) is 9.90 Å². The van der Waals surface area contributed by atoms with Gasteiger partial charge in [-0.15, -0.1) is 0 Å². The van der Waals surface area contributed by atoms with Crippen LogP contribution >= 0.6 is 0 Å². The number of aliphatic carboxylic acids is 1. The lowest BCUT2D eigenvalue weighted by Gasteiger charge is -1.71. The third kappa shape index (κ3) is 493. The molecule has 0 aliphatic carbocycles. The molecule has 0 aromatic carbocycles. The molecule has 0 aromatic heterocycles. The second-order valence-corrected chi connectivity index (χ2v) is 1.98. The van der Waals surface area contributed by atoms with Crippen molar-refractivity contribution in [1.82, 2.24) is 0 Å². The highest BCUT2D eigenvalue weighted by atomic mass is 16.4. The number of Topliss-reactive ketones (excluding diaryl/α,β-unsaturated/α-hetero) is 1. The summed E-state index contributed by atoms with van der Waals surface area (Å²) >= 11 is 0. The molecule has 0 rings (SSSR count). The van der Waals surface area contributed by atoms with Crippen molar-refractivity contribution >= 4 is 11.8 Å². The zero-order valence-corrected chi connectivity index (χ0v) is 8.38. The number of methoxy groups -OCH3 is 1. The number of hydrogen-bond donors (Lipinski definition) is 1. The van der Waals surface area contributed by atoms with Crippen molar-refractivity contribution in [2.45, 2.75) is 27.2 Å². The first kappa shape index (κ1) is 17.3. The molecule has 1 N–H and O–H groups in total. The van der Waals surface area contributed by atoms with Crippen LogP contribution < -0.4 is 0 Å². The second kappa shape index (κ2) is 16.6. The van der Waals surface area contributed by atoms with Crippen molar-refractivity contribution in [3.63, 3.8) is 0 Å². The Morgan fingerprint density at radius 2 is 1.33 bits per heavy atom. The highest BCUT2D eigenvalue weighted by Crippen LogP contribution is 1.71. The Balaban J connectivity index is -0.000000105. The van der Waals surface area contributed by atoms with Crippen LogP contribution in [0.2, 0.25) is 0 Å². The van der Waals surface area contributed by atoms with E-state index in [-0.39, 0.29) is 5.78 Å². The summed E-state index contributed by atoms with van der Waals surface area (Å²) in [6.45, 7) is 4.52. The molecule has 0 aliphatic rings. The van der Waals surface area contributed by atoms with Crippen molar-refractivity contribution in [3.8, 4) is 0 Å². The average Bonchev–Trinajstić information content (AvgIpc) is 1.88. The molecule has 0 radical (unpaired) electrons. The highest BCUT2D eigenvalue weighted by molar-refractivity contribution is 5.74. The molecule has 12 heavy (non-hydrogen) atoms. The molecule has 0 atom stereocenters. The van der Waals surface area contributed by atoms with Crippen LogP contribution in [0.4, 0.5) is 0 Å². The summed E-state index contributed by atoms with van der Waals surface area (Å²) < 4.78 is 4.25. The molecule has 4 heteroatoms. The Bertz CT molecular complexity index is 106. The van der Waals surface area contributed by atoms with Crippen molar-refractivity contribution in [2.24, 2.45) is 0 Å². The van der Waals surface area contributed by atoms with Crippen LogP contribution in [-0.4, -0.2) is 31.1 Å². The molecule has 0 unspecified atom stereocenters. The fourth-order valence-electron chi connectivity index (χ4n) is 0. The van der Waals surface area contributed by atoms with Gasteiger partial charge in [0, 0.05) is 27.6 Å². The number of ketones is 1. The van der Waals surface area contributed by atoms with Crippen molar-refractivity contribution < 1.29 is 19.4 Å². The summed E-state index contributed by atoms with van der Waals surface area (Å²) in [5.74, 6) is -0.579. The number of carbonyl (C=O) groups is 2. The molecular formula is C8H18O4. The molecule has 0 saturated carbocycles. The summed E-state index contributed by atoms with van der Waals surface area (Å²) in [6.07, 6.45) is 0.667. The first-order valence-corrected chi connectivity index (χ1v) is 3.51. The summed E-state index contributed by atoms with van der Waals surface area (Å²) in [7, 11) is 3.25. The van der Waals surface area contributed by atoms with Crippen LogP contribution in [0.15, 0.2) is 0 Å². The average molecular weight is 178 g/mol. The second-order valence-electron chi connectivity index (χ2n) is 1.98. The van der Waals surface area contributed by atoms with E-state index in [1.54, 1.807) is 21.1 Å². The summed E-state index contributed by atoms with van der Waals surface area (Å²) in [4.78, 5) is 18.8. The van der Waals surface area contributed by atoms with Crippen LogP contribution in [-0.2, 0) is 14.3 Å². The molecule has 0 heterocycles. The van der Waals surface area contributed by atoms with E-state index in [9.17, 15) is 4.79 Å². The van der Waals surface area contributed by atoms with Crippen molar-refractivity contribution in [3.05, 3.63) is 0 Å². The molecule has 0 aliphatic heterocycles. The van der Waals surface area contributed by atoms with Gasteiger partial charge in [0.05, 0.1) is 0 Å². The number of ether oxygens (including phenoxy) is 1. The van der Waals surface area contributed by atoms with Gasteiger partial charge in [-0.1, -0.05) is 6.92 Å². The van der Waals surface area contributed by atoms with Gasteiger partial charge in [0.25, 0.3) is 5.97 Å². The summed E-state index contributed by atoms with van der Waals surface area (Å²) in [5.41, 5.74) is 0. The zero-order chi connectivity index (χ0) is 10.6. The van der Waals surface area contributed by atoms with E-state index < -0.39 is 5.97 Å². The topological polar surface area (TPSA) is 63.6 Å². The molecule has 0 fully saturated rings. The van der Waals surface area contributed by atoms with E-state index in [1.807, 2.05) is 6.92 Å². The van der Waals surface area contributed by atoms with Gasteiger partial charge in [0.1, 0.15) is 5.78 Å². The van der Waals surface area contributed by atoms with Gasteiger partial charge in [0.15, 0.2) is 0 Å². The Morgan fingerprint density at radius 1 is 1.25 bits per heavy atom. The highest BCUT2D eigenvalue weighted by Gasteiger charge is 1.76. The number of carboxylic acids is 1. The van der Waals surface area contributed by atoms with E-state index in [0.29, 0.717) is 6.42 Å². The predicted molar refractivity (Wildman–Crippen MR) is 47.2 cm³/mol.